The van der Waals surface area contributed by atoms with Gasteiger partial charge >= 0.3 is 0 Å². The quantitative estimate of drug-likeness (QED) is 0.113. The van der Waals surface area contributed by atoms with Gasteiger partial charge in [0.2, 0.25) is 0 Å². The van der Waals surface area contributed by atoms with Gasteiger partial charge in [-0.2, -0.15) is 0 Å². The molecule has 0 fully saturated rings. The summed E-state index contributed by atoms with van der Waals surface area (Å²) in [6.45, 7) is 71.2. The number of anilines is 4. The number of benzene rings is 1. The Hall–Kier alpha value is -7.32. The maximum atomic E-state index is 4.91. The van der Waals surface area contributed by atoms with Gasteiger partial charge in [-0.25, -0.2) is 34.9 Å². The van der Waals surface area contributed by atoms with E-state index in [1.807, 2.05) is 164 Å². The van der Waals surface area contributed by atoms with E-state index in [1.54, 1.807) is 12.5 Å². The zero-order valence-electron chi connectivity index (χ0n) is 73.9. The Kier molecular flexibility index (Phi) is 68.2. The summed E-state index contributed by atoms with van der Waals surface area (Å²) in [7, 11) is 0. The minimum Gasteiger partial charge on any atom is -0.370 e. The number of aryl methyl sites for hydroxylation is 5. The molecule has 1 aromatic carbocycles. The van der Waals surface area contributed by atoms with Gasteiger partial charge < -0.3 is 26.3 Å². The van der Waals surface area contributed by atoms with E-state index in [1.165, 1.54) is 115 Å². The second-order valence-electron chi connectivity index (χ2n) is 30.5. The van der Waals surface area contributed by atoms with E-state index in [0.717, 1.165) is 103 Å². The first kappa shape index (κ1) is 120. The first-order valence-corrected chi connectivity index (χ1v) is 42.1. The zero-order chi connectivity index (χ0) is 80.9. The van der Waals surface area contributed by atoms with Crippen LogP contribution in [0.1, 0.15) is 384 Å². The molecule has 5 aliphatic heterocycles. The molecule has 0 saturated carbocycles. The monoisotopic (exact) mass is 1580 g/mol. The molecule has 2 atom stereocenters. The number of nitrogens with zero attached hydrogens (tertiary/aromatic N) is 9. The second kappa shape index (κ2) is 64.8. The molecule has 0 saturated heterocycles. The van der Waals surface area contributed by atoms with Crippen LogP contribution >= 0.6 is 0 Å². The molecule has 0 spiro atoms. The number of aromatic amines is 1. The normalized spacial score (nSPS) is 14.3. The number of hydrogen-bond donors (Lipinski definition) is 5. The lowest BCUT2D eigenvalue weighted by molar-refractivity contribution is 0.200. The second-order valence-corrected chi connectivity index (χ2v) is 30.5. The third kappa shape index (κ3) is 41.0. The van der Waals surface area contributed by atoms with E-state index in [4.69, 9.17) is 9.97 Å². The number of hydrogen-bond acceptors (Lipinski definition) is 13. The number of imidazole rings is 1. The number of H-pyrrole nitrogens is 1. The van der Waals surface area contributed by atoms with Crippen LogP contribution in [0.5, 0.6) is 0 Å². The molecule has 6 aliphatic rings. The van der Waals surface area contributed by atoms with Gasteiger partial charge in [0.25, 0.3) is 0 Å². The number of rotatable bonds is 4. The molecule has 5 N–H and O–H groups in total. The molecule has 0 radical (unpaired) electrons. The highest BCUT2D eigenvalue weighted by atomic mass is 15.2. The summed E-state index contributed by atoms with van der Waals surface area (Å²) in [4.78, 5) is 41.1. The number of aromatic nitrogens is 9. The predicted molar refractivity (Wildman–Crippen MR) is 517 cm³/mol. The summed E-state index contributed by atoms with van der Waals surface area (Å²) in [5.41, 5.74) is 17.7. The van der Waals surface area contributed by atoms with E-state index in [-0.39, 0.29) is 57.4 Å². The van der Waals surface area contributed by atoms with Crippen molar-refractivity contribution in [2.75, 3.05) is 47.4 Å². The fourth-order valence-electron chi connectivity index (χ4n) is 12.4. The summed E-state index contributed by atoms with van der Waals surface area (Å²) >= 11 is 0. The Bertz CT molecular complexity index is 3500. The van der Waals surface area contributed by atoms with Crippen LogP contribution in [0.3, 0.4) is 0 Å². The molecule has 114 heavy (non-hydrogen) atoms. The van der Waals surface area contributed by atoms with E-state index >= 15 is 0 Å². The first-order valence-electron chi connectivity index (χ1n) is 42.1. The van der Waals surface area contributed by atoms with Crippen LogP contribution in [0.4, 0.5) is 23.3 Å². The highest BCUT2D eigenvalue weighted by molar-refractivity contribution is 5.74. The molecule has 0 bridgehead atoms. The zero-order valence-corrected chi connectivity index (χ0v) is 73.9. The van der Waals surface area contributed by atoms with E-state index in [2.05, 4.69) is 209 Å². The van der Waals surface area contributed by atoms with Crippen LogP contribution in [0.25, 0.3) is 11.0 Å². The van der Waals surface area contributed by atoms with E-state index < -0.39 is 0 Å². The first-order chi connectivity index (χ1) is 51.3. The highest BCUT2D eigenvalue weighted by Crippen LogP contribution is 2.39. The molecule has 12 heterocycles. The Morgan fingerprint density at radius 2 is 0.895 bits per heavy atom. The van der Waals surface area contributed by atoms with Gasteiger partial charge in [-0.05, 0) is 195 Å². The van der Waals surface area contributed by atoms with Crippen LogP contribution in [0.2, 0.25) is 0 Å². The minimum atomic E-state index is 0. The van der Waals surface area contributed by atoms with Gasteiger partial charge in [-0.1, -0.05) is 295 Å². The van der Waals surface area contributed by atoms with Gasteiger partial charge in [-0.15, -0.1) is 0 Å². The topological polar surface area (TPSA) is 170 Å². The Labute approximate surface area is 707 Å². The Balaban J connectivity index is -0.000000228. The van der Waals surface area contributed by atoms with Crippen LogP contribution in [0, 0.1) is 16.7 Å². The van der Waals surface area contributed by atoms with Crippen molar-refractivity contribution in [1.82, 2.24) is 49.8 Å². The molecule has 2 unspecified atom stereocenters. The van der Waals surface area contributed by atoms with Gasteiger partial charge in [0.1, 0.15) is 35.4 Å². The minimum absolute atomic E-state index is 0. The lowest BCUT2D eigenvalue weighted by atomic mass is 9.71. The number of para-hydroxylation sites is 2. The van der Waals surface area contributed by atoms with Crippen LogP contribution in [-0.4, -0.2) is 88.0 Å². The lowest BCUT2D eigenvalue weighted by Crippen LogP contribution is -2.37. The highest BCUT2D eigenvalue weighted by Gasteiger charge is 2.31. The standard InChI is InChI=1S/C16H24N2.C14H21N3.2C12H18N2.C10H12N2.C8H11N.C7H10N2.7C2H6.7CH4/c1-16(2,3)13-7-6-11-9-12-5-4-8-17-15(12)18-14(11)10-13;1-10(2)17-7-5-11-8-12-4-3-6-15-14(12)16-13(11)9-17;2*1-12(2,3)10-7-6-9-5-4-8-13-11(9)14-10;1-7(2)10-11-8-5-3-4-6-9(8)12-10;1-7(2)8-5-3-4-6-9-8;1-6(2)7-3-4-8-5-9-7;7*1-2;;;;;;;/h9,13H,4-8,10H2,1-3H3,(H,17,18);8,10H,3-7,9H2,1-2H3,(H,15,16);6-7H,4-5,8H2,1-3H3,(H,13,14);4-5,8,10H,6-7H2,1-3H3,(H,13,14);3-7H,1-2H3,(H,11,12);3-7H,1-2H3;3-6H,1-2H3;7*1-2H3;7*1H4. The summed E-state index contributed by atoms with van der Waals surface area (Å²) in [5.74, 6) is 7.85. The maximum Gasteiger partial charge on any atom is 0.129 e. The molecule has 14 heteroatoms. The summed E-state index contributed by atoms with van der Waals surface area (Å²) in [6, 6.07) is 30.6. The maximum absolute atomic E-state index is 4.91. The van der Waals surface area contributed by atoms with Crippen LogP contribution in [-0.2, 0) is 56.9 Å². The third-order valence-corrected chi connectivity index (χ3v) is 18.6. The average Bonchev–Trinajstić information content (AvgIpc) is 1.10. The molecule has 0 amide bonds. The molecule has 7 aromatic heterocycles. The molecular weight excluding hydrogens is 1400 g/mol. The van der Waals surface area contributed by atoms with Crippen molar-refractivity contribution in [3.63, 3.8) is 0 Å². The molecule has 1 aliphatic carbocycles. The third-order valence-electron chi connectivity index (χ3n) is 18.6. The van der Waals surface area contributed by atoms with Crippen molar-refractivity contribution >= 4 is 34.3 Å². The SMILES string of the molecule is C.C.C.C.C.C.C.CC.CC.CC.CC.CC.CC.CC.CC(C)(C)C1CCc2cc3c(nc2C1)NCCC3.CC(C)(C)C1CCc2cccnc2N1.CC(C)(C)c1ccc2c(n1)NCCC2.CC(C)N1CCc2cc3c(nc2C1)NCCC3.CC(C)c1ccccn1.CC(C)c1ccncn1.CC(C)c1nc2ccccc2[nH]1. The molecular formula is C100H184N14. The van der Waals surface area contributed by atoms with Crippen molar-refractivity contribution < 1.29 is 0 Å². The van der Waals surface area contributed by atoms with Gasteiger partial charge in [0.15, 0.2) is 0 Å². The van der Waals surface area contributed by atoms with Crippen molar-refractivity contribution in [2.24, 2.45) is 16.7 Å². The van der Waals surface area contributed by atoms with Gasteiger partial charge in [0.05, 0.1) is 16.7 Å². The Morgan fingerprint density at radius 3 is 1.35 bits per heavy atom. The fraction of sp³-hybridized carbons (Fsp3) is 0.640. The van der Waals surface area contributed by atoms with Crippen molar-refractivity contribution in [3.8, 4) is 0 Å². The predicted octanol–water partition coefficient (Wildman–Crippen LogP) is 29.5. The largest absolute Gasteiger partial charge is 0.370 e. The van der Waals surface area contributed by atoms with Crippen molar-refractivity contribution in [2.45, 2.75) is 385 Å². The van der Waals surface area contributed by atoms with Crippen LogP contribution < -0.4 is 21.3 Å². The number of nitrogens with one attached hydrogen (secondary N) is 5. The van der Waals surface area contributed by atoms with Gasteiger partial charge in [-0.3, -0.25) is 9.88 Å². The fourth-order valence-corrected chi connectivity index (χ4v) is 12.4. The molecule has 8 aromatic rings. The molecule has 14 rings (SSSR count). The van der Waals surface area contributed by atoms with Gasteiger partial charge in [0, 0.05) is 97.5 Å². The Morgan fingerprint density at radius 1 is 0.412 bits per heavy atom. The van der Waals surface area contributed by atoms with E-state index in [0.29, 0.717) is 40.7 Å². The van der Waals surface area contributed by atoms with Crippen molar-refractivity contribution in [3.05, 3.63) is 178 Å². The average molecular weight is 1580 g/mol. The smallest absolute Gasteiger partial charge is 0.129 e. The molecule has 14 nitrogen and oxygen atoms in total. The van der Waals surface area contributed by atoms with Crippen LogP contribution in [0.15, 0.2) is 110 Å². The molecule has 654 valence electrons. The summed E-state index contributed by atoms with van der Waals surface area (Å²) in [6.07, 6.45) is 21.5. The number of pyridine rings is 5. The van der Waals surface area contributed by atoms with Crippen molar-refractivity contribution in [1.29, 1.82) is 0 Å². The van der Waals surface area contributed by atoms with E-state index in [9.17, 15) is 0 Å². The summed E-state index contributed by atoms with van der Waals surface area (Å²) in [5, 5.41) is 13.8. The summed E-state index contributed by atoms with van der Waals surface area (Å²) < 4.78 is 0. The lowest BCUT2D eigenvalue weighted by Gasteiger charge is -2.35. The number of fused-ring (bicyclic) bond motifs is 7.